The molecule has 0 atom stereocenters. The highest BCUT2D eigenvalue weighted by Gasteiger charge is 2.42. The summed E-state index contributed by atoms with van der Waals surface area (Å²) in [4.78, 5) is 7.68. The van der Waals surface area contributed by atoms with Crippen molar-refractivity contribution in [3.8, 4) is 16.9 Å². The van der Waals surface area contributed by atoms with Crippen molar-refractivity contribution in [3.63, 3.8) is 0 Å². The Balaban J connectivity index is 1.74. The monoisotopic (exact) mass is 394 g/mol. The van der Waals surface area contributed by atoms with E-state index >= 15 is 0 Å². The molecule has 2 fully saturated rings. The second kappa shape index (κ2) is 6.69. The average Bonchev–Trinajstić information content (AvgIpc) is 3.60. The average molecular weight is 395 g/mol. The van der Waals surface area contributed by atoms with Gasteiger partial charge < -0.3 is 9.64 Å². The molecule has 1 aromatic carbocycles. The Bertz CT molecular complexity index is 1040. The maximum absolute atomic E-state index is 5.39. The minimum atomic E-state index is 0.659. The SMILES string of the molecule is COc1ccc(-c2cc(C)nn3c(N(C4CC4)C4CC4)c(SC)nc23)c(C)c1. The molecule has 0 spiro atoms. The van der Waals surface area contributed by atoms with Crippen LogP contribution in [0.2, 0.25) is 0 Å². The van der Waals surface area contributed by atoms with E-state index in [4.69, 9.17) is 14.8 Å². The van der Waals surface area contributed by atoms with Crippen molar-refractivity contribution in [2.24, 2.45) is 0 Å². The summed E-state index contributed by atoms with van der Waals surface area (Å²) < 4.78 is 7.50. The number of thioether (sulfide) groups is 1. The number of benzene rings is 1. The molecular weight excluding hydrogens is 368 g/mol. The number of fused-ring (bicyclic) bond motifs is 1. The third-order valence-electron chi connectivity index (χ3n) is 5.69. The second-order valence-corrected chi connectivity index (χ2v) is 8.72. The number of imidazole rings is 1. The molecule has 5 rings (SSSR count). The van der Waals surface area contributed by atoms with E-state index in [1.165, 1.54) is 42.6 Å². The second-order valence-electron chi connectivity index (χ2n) is 7.93. The van der Waals surface area contributed by atoms with Gasteiger partial charge in [0.1, 0.15) is 10.8 Å². The summed E-state index contributed by atoms with van der Waals surface area (Å²) >= 11 is 1.73. The van der Waals surface area contributed by atoms with Crippen molar-refractivity contribution in [1.29, 1.82) is 0 Å². The van der Waals surface area contributed by atoms with E-state index in [-0.39, 0.29) is 0 Å². The van der Waals surface area contributed by atoms with E-state index < -0.39 is 0 Å². The van der Waals surface area contributed by atoms with Crippen LogP contribution in [0.15, 0.2) is 29.3 Å². The Morgan fingerprint density at radius 3 is 2.36 bits per heavy atom. The first-order valence-electron chi connectivity index (χ1n) is 9.98. The summed E-state index contributed by atoms with van der Waals surface area (Å²) in [7, 11) is 1.71. The molecule has 0 bridgehead atoms. The molecule has 0 unspecified atom stereocenters. The van der Waals surface area contributed by atoms with E-state index in [9.17, 15) is 0 Å². The van der Waals surface area contributed by atoms with Gasteiger partial charge in [-0.05, 0) is 75.1 Å². The summed E-state index contributed by atoms with van der Waals surface area (Å²) in [5.41, 5.74) is 5.47. The molecule has 5 nitrogen and oxygen atoms in total. The first-order chi connectivity index (χ1) is 13.6. The molecule has 2 aliphatic rings. The third-order valence-corrected chi connectivity index (χ3v) is 6.35. The number of methoxy groups -OCH3 is 1. The fraction of sp³-hybridized carbons (Fsp3) is 0.455. The molecule has 2 saturated carbocycles. The molecule has 0 radical (unpaired) electrons. The zero-order valence-corrected chi connectivity index (χ0v) is 17.7. The molecule has 3 aromatic rings. The molecule has 2 aliphatic carbocycles. The van der Waals surface area contributed by atoms with Crippen LogP contribution in [0, 0.1) is 13.8 Å². The molecular formula is C22H26N4OS. The minimum Gasteiger partial charge on any atom is -0.497 e. The summed E-state index contributed by atoms with van der Waals surface area (Å²) in [5.74, 6) is 2.08. The van der Waals surface area contributed by atoms with Crippen LogP contribution in [-0.2, 0) is 0 Å². The smallest absolute Gasteiger partial charge is 0.165 e. The standard InChI is InChI=1S/C22H26N4OS/c1-13-11-17(27-3)9-10-18(13)19-12-14(2)24-26-20(19)23-21(28-4)22(26)25(15-5-6-15)16-7-8-16/h9-12,15-16H,5-8H2,1-4H3. The van der Waals surface area contributed by atoms with Crippen LogP contribution in [-0.4, -0.2) is 40.0 Å². The number of rotatable bonds is 6. The van der Waals surface area contributed by atoms with Gasteiger partial charge in [-0.1, -0.05) is 6.07 Å². The van der Waals surface area contributed by atoms with Gasteiger partial charge in [-0.25, -0.2) is 4.98 Å². The first-order valence-corrected chi connectivity index (χ1v) is 11.2. The Labute approximate surface area is 170 Å². The summed E-state index contributed by atoms with van der Waals surface area (Å²) in [5, 5.41) is 6.00. The van der Waals surface area contributed by atoms with Crippen molar-refractivity contribution in [2.75, 3.05) is 18.3 Å². The van der Waals surface area contributed by atoms with Crippen LogP contribution >= 0.6 is 11.8 Å². The zero-order valence-electron chi connectivity index (χ0n) is 16.9. The number of hydrogen-bond acceptors (Lipinski definition) is 5. The van der Waals surface area contributed by atoms with E-state index in [1.807, 2.05) is 6.07 Å². The summed E-state index contributed by atoms with van der Waals surface area (Å²) in [6.07, 6.45) is 7.26. The van der Waals surface area contributed by atoms with Gasteiger partial charge in [0.2, 0.25) is 0 Å². The zero-order chi connectivity index (χ0) is 19.4. The van der Waals surface area contributed by atoms with Crippen molar-refractivity contribution in [1.82, 2.24) is 14.6 Å². The fourth-order valence-corrected chi connectivity index (χ4v) is 4.64. The van der Waals surface area contributed by atoms with Gasteiger partial charge in [0, 0.05) is 17.6 Å². The molecule has 0 aliphatic heterocycles. The lowest BCUT2D eigenvalue weighted by Gasteiger charge is -2.24. The van der Waals surface area contributed by atoms with Gasteiger partial charge in [0.15, 0.2) is 11.5 Å². The van der Waals surface area contributed by atoms with E-state index in [1.54, 1.807) is 18.9 Å². The van der Waals surface area contributed by atoms with Crippen LogP contribution in [0.5, 0.6) is 5.75 Å². The Morgan fingerprint density at radius 1 is 1.07 bits per heavy atom. The number of anilines is 1. The Kier molecular flexibility index (Phi) is 4.27. The molecule has 0 saturated heterocycles. The summed E-state index contributed by atoms with van der Waals surface area (Å²) in [6.45, 7) is 4.20. The van der Waals surface area contributed by atoms with Crippen LogP contribution in [0.25, 0.3) is 16.8 Å². The van der Waals surface area contributed by atoms with Crippen molar-refractivity contribution < 1.29 is 4.74 Å². The van der Waals surface area contributed by atoms with Gasteiger partial charge in [0.25, 0.3) is 0 Å². The fourth-order valence-electron chi connectivity index (χ4n) is 4.08. The number of aryl methyl sites for hydroxylation is 2. The maximum atomic E-state index is 5.39. The van der Waals surface area contributed by atoms with Crippen molar-refractivity contribution in [2.45, 2.75) is 56.6 Å². The third kappa shape index (κ3) is 2.94. The minimum absolute atomic E-state index is 0.659. The lowest BCUT2D eigenvalue weighted by atomic mass is 10.0. The predicted octanol–water partition coefficient (Wildman–Crippen LogP) is 4.87. The lowest BCUT2D eigenvalue weighted by molar-refractivity contribution is 0.414. The molecule has 146 valence electrons. The van der Waals surface area contributed by atoms with Gasteiger partial charge in [-0.3, -0.25) is 0 Å². The van der Waals surface area contributed by atoms with Crippen LogP contribution in [0.1, 0.15) is 36.9 Å². The maximum Gasteiger partial charge on any atom is 0.165 e. The molecule has 0 N–H and O–H groups in total. The predicted molar refractivity (Wildman–Crippen MR) is 115 cm³/mol. The molecule has 2 aromatic heterocycles. The highest BCUT2D eigenvalue weighted by atomic mass is 32.2. The van der Waals surface area contributed by atoms with Gasteiger partial charge >= 0.3 is 0 Å². The van der Waals surface area contributed by atoms with E-state index in [0.29, 0.717) is 12.1 Å². The van der Waals surface area contributed by atoms with E-state index in [2.05, 4.69) is 47.7 Å². The van der Waals surface area contributed by atoms with Gasteiger partial charge in [-0.2, -0.15) is 9.61 Å². The molecule has 2 heterocycles. The molecule has 6 heteroatoms. The highest BCUT2D eigenvalue weighted by molar-refractivity contribution is 7.98. The number of ether oxygens (including phenoxy) is 1. The van der Waals surface area contributed by atoms with Crippen LogP contribution in [0.4, 0.5) is 5.82 Å². The lowest BCUT2D eigenvalue weighted by Crippen LogP contribution is -2.30. The number of aromatic nitrogens is 3. The Hall–Kier alpha value is -2.21. The van der Waals surface area contributed by atoms with Gasteiger partial charge in [-0.15, -0.1) is 11.8 Å². The van der Waals surface area contributed by atoms with Crippen LogP contribution < -0.4 is 9.64 Å². The topological polar surface area (TPSA) is 42.7 Å². The van der Waals surface area contributed by atoms with Gasteiger partial charge in [0.05, 0.1) is 12.8 Å². The molecule has 28 heavy (non-hydrogen) atoms. The largest absolute Gasteiger partial charge is 0.497 e. The van der Waals surface area contributed by atoms with Crippen LogP contribution in [0.3, 0.4) is 0 Å². The quantitative estimate of drug-likeness (QED) is 0.558. The molecule has 0 amide bonds. The Morgan fingerprint density at radius 2 is 1.79 bits per heavy atom. The number of hydrogen-bond donors (Lipinski definition) is 0. The first kappa shape index (κ1) is 17.9. The van der Waals surface area contributed by atoms with Crippen molar-refractivity contribution >= 4 is 23.2 Å². The highest BCUT2D eigenvalue weighted by Crippen LogP contribution is 2.45. The van der Waals surface area contributed by atoms with E-state index in [0.717, 1.165) is 27.7 Å². The van der Waals surface area contributed by atoms with Crippen molar-refractivity contribution in [3.05, 3.63) is 35.5 Å². The normalized spacial score (nSPS) is 16.6. The summed E-state index contributed by atoms with van der Waals surface area (Å²) in [6, 6.07) is 9.72. The number of nitrogens with zero attached hydrogens (tertiary/aromatic N) is 4.